The van der Waals surface area contributed by atoms with E-state index in [1.807, 2.05) is 24.3 Å². The highest BCUT2D eigenvalue weighted by Gasteiger charge is 2.20. The zero-order valence-electron chi connectivity index (χ0n) is 16.6. The van der Waals surface area contributed by atoms with Gasteiger partial charge in [0.15, 0.2) is 0 Å². The molecule has 0 aliphatic rings. The second-order valence-corrected chi connectivity index (χ2v) is 8.66. The normalized spacial score (nSPS) is 11.3. The molecule has 1 N–H and O–H groups in total. The van der Waals surface area contributed by atoms with Gasteiger partial charge < -0.3 is 9.73 Å². The number of fused-ring (bicyclic) bond motifs is 3. The molecule has 0 spiro atoms. The Bertz CT molecular complexity index is 1560. The van der Waals surface area contributed by atoms with Crippen LogP contribution >= 0.6 is 22.9 Å². The molecule has 9 heteroatoms. The number of anilines is 1. The fourth-order valence-electron chi connectivity index (χ4n) is 3.62. The zero-order valence-corrected chi connectivity index (χ0v) is 18.2. The Balaban J connectivity index is 1.65. The van der Waals surface area contributed by atoms with Crippen molar-refractivity contribution in [2.45, 2.75) is 13.1 Å². The van der Waals surface area contributed by atoms with Gasteiger partial charge in [-0.15, -0.1) is 11.3 Å². The molecule has 0 saturated heterocycles. The van der Waals surface area contributed by atoms with Crippen LogP contribution < -0.4 is 16.6 Å². The van der Waals surface area contributed by atoms with Gasteiger partial charge in [-0.05, 0) is 42.5 Å². The number of thiophene rings is 1. The summed E-state index contributed by atoms with van der Waals surface area (Å²) in [5.74, 6) is 0.0797. The Morgan fingerprint density at radius 2 is 1.78 bits per heavy atom. The molecule has 160 valence electrons. The van der Waals surface area contributed by atoms with Crippen LogP contribution in [0.4, 0.5) is 5.69 Å². The van der Waals surface area contributed by atoms with Crippen molar-refractivity contribution in [3.05, 3.63) is 98.5 Å². The maximum Gasteiger partial charge on any atom is 0.332 e. The van der Waals surface area contributed by atoms with Crippen LogP contribution in [-0.4, -0.2) is 15.0 Å². The predicted molar refractivity (Wildman–Crippen MR) is 126 cm³/mol. The van der Waals surface area contributed by atoms with Gasteiger partial charge in [-0.1, -0.05) is 29.8 Å². The SMILES string of the molecule is O=C(Cn1c(=O)n(Cc2ccco2)c(=O)c2sc3ccccc3c21)Nc1ccc(Cl)cc1. The van der Waals surface area contributed by atoms with Crippen LogP contribution in [0.25, 0.3) is 20.3 Å². The first-order chi connectivity index (χ1) is 15.5. The lowest BCUT2D eigenvalue weighted by Crippen LogP contribution is -2.41. The third-order valence-electron chi connectivity index (χ3n) is 5.06. The summed E-state index contributed by atoms with van der Waals surface area (Å²) in [6.07, 6.45) is 1.48. The van der Waals surface area contributed by atoms with Gasteiger partial charge in [-0.2, -0.15) is 0 Å². The number of amides is 1. The van der Waals surface area contributed by atoms with Gasteiger partial charge >= 0.3 is 5.69 Å². The number of halogens is 1. The lowest BCUT2D eigenvalue weighted by atomic mass is 10.2. The highest BCUT2D eigenvalue weighted by atomic mass is 35.5. The minimum Gasteiger partial charge on any atom is -0.467 e. The summed E-state index contributed by atoms with van der Waals surface area (Å²) in [7, 11) is 0. The summed E-state index contributed by atoms with van der Waals surface area (Å²) >= 11 is 7.20. The summed E-state index contributed by atoms with van der Waals surface area (Å²) in [5, 5.41) is 4.08. The summed E-state index contributed by atoms with van der Waals surface area (Å²) in [6, 6.07) is 17.5. The third kappa shape index (κ3) is 3.63. The highest BCUT2D eigenvalue weighted by Crippen LogP contribution is 2.30. The van der Waals surface area contributed by atoms with E-state index in [-0.39, 0.29) is 13.1 Å². The predicted octanol–water partition coefficient (Wildman–Crippen LogP) is 4.31. The summed E-state index contributed by atoms with van der Waals surface area (Å²) < 4.78 is 9.06. The van der Waals surface area contributed by atoms with Crippen molar-refractivity contribution in [1.29, 1.82) is 0 Å². The third-order valence-corrected chi connectivity index (χ3v) is 6.46. The minimum atomic E-state index is -0.575. The fraction of sp³-hybridized carbons (Fsp3) is 0.0870. The smallest absolute Gasteiger partial charge is 0.332 e. The van der Waals surface area contributed by atoms with E-state index in [1.165, 1.54) is 22.2 Å². The molecule has 0 aliphatic heterocycles. The number of benzene rings is 2. The van der Waals surface area contributed by atoms with Crippen LogP contribution in [0.15, 0.2) is 80.9 Å². The first-order valence-electron chi connectivity index (χ1n) is 9.74. The van der Waals surface area contributed by atoms with E-state index in [9.17, 15) is 14.4 Å². The Morgan fingerprint density at radius 1 is 1.00 bits per heavy atom. The fourth-order valence-corrected chi connectivity index (χ4v) is 4.90. The first kappa shape index (κ1) is 20.3. The van der Waals surface area contributed by atoms with Crippen LogP contribution in [0.3, 0.4) is 0 Å². The summed E-state index contributed by atoms with van der Waals surface area (Å²) in [6.45, 7) is -0.273. The molecule has 0 bridgehead atoms. The second-order valence-electron chi connectivity index (χ2n) is 7.17. The van der Waals surface area contributed by atoms with Crippen molar-refractivity contribution in [2.75, 3.05) is 5.32 Å². The average Bonchev–Trinajstić information content (AvgIpc) is 3.44. The number of nitrogens with zero attached hydrogens (tertiary/aromatic N) is 2. The largest absolute Gasteiger partial charge is 0.467 e. The number of hydrogen-bond acceptors (Lipinski definition) is 5. The van der Waals surface area contributed by atoms with E-state index >= 15 is 0 Å². The topological polar surface area (TPSA) is 86.2 Å². The highest BCUT2D eigenvalue weighted by molar-refractivity contribution is 7.25. The molecule has 0 atom stereocenters. The zero-order chi connectivity index (χ0) is 22.2. The van der Waals surface area contributed by atoms with E-state index < -0.39 is 17.2 Å². The van der Waals surface area contributed by atoms with Crippen LogP contribution in [0.5, 0.6) is 0 Å². The molecule has 5 rings (SSSR count). The molecule has 0 unspecified atom stereocenters. The van der Waals surface area contributed by atoms with Crippen LogP contribution in [0.2, 0.25) is 5.02 Å². The molecule has 0 saturated carbocycles. The van der Waals surface area contributed by atoms with Gasteiger partial charge in [-0.3, -0.25) is 18.7 Å². The Kier molecular flexibility index (Phi) is 5.16. The molecule has 0 aliphatic carbocycles. The Hall–Kier alpha value is -3.62. The number of carbonyl (C=O) groups excluding carboxylic acids is 1. The van der Waals surface area contributed by atoms with Gasteiger partial charge in [-0.25, -0.2) is 4.79 Å². The molecule has 3 heterocycles. The monoisotopic (exact) mass is 465 g/mol. The van der Waals surface area contributed by atoms with Crippen molar-refractivity contribution in [2.24, 2.45) is 0 Å². The molecule has 0 fully saturated rings. The standard InChI is InChI=1S/C23H16ClN3O4S/c24-14-7-9-15(10-8-14)25-19(28)13-26-20-17-5-1-2-6-18(17)32-21(20)22(29)27(23(26)30)12-16-4-3-11-31-16/h1-11H,12-13H2,(H,25,28). The Labute approximate surface area is 190 Å². The van der Waals surface area contributed by atoms with Crippen molar-refractivity contribution < 1.29 is 9.21 Å². The van der Waals surface area contributed by atoms with Gasteiger partial charge in [0.1, 0.15) is 17.0 Å². The molecule has 3 aromatic heterocycles. The number of hydrogen-bond donors (Lipinski definition) is 1. The Morgan fingerprint density at radius 3 is 2.53 bits per heavy atom. The summed E-state index contributed by atoms with van der Waals surface area (Å²) in [5.41, 5.74) is 0.0380. The summed E-state index contributed by atoms with van der Waals surface area (Å²) in [4.78, 5) is 39.4. The average molecular weight is 466 g/mol. The maximum absolute atomic E-state index is 13.4. The van der Waals surface area contributed by atoms with Crippen LogP contribution in [-0.2, 0) is 17.9 Å². The molecule has 1 amide bonds. The number of aromatic nitrogens is 2. The molecule has 5 aromatic rings. The van der Waals surface area contributed by atoms with E-state index in [1.54, 1.807) is 36.4 Å². The molecular formula is C23H16ClN3O4S. The number of rotatable bonds is 5. The number of carbonyl (C=O) groups is 1. The maximum atomic E-state index is 13.4. The van der Waals surface area contributed by atoms with Crippen molar-refractivity contribution in [1.82, 2.24) is 9.13 Å². The van der Waals surface area contributed by atoms with Gasteiger partial charge in [0.05, 0.1) is 18.3 Å². The van der Waals surface area contributed by atoms with Gasteiger partial charge in [0.25, 0.3) is 5.56 Å². The quantitative estimate of drug-likeness (QED) is 0.419. The molecular weight excluding hydrogens is 450 g/mol. The van der Waals surface area contributed by atoms with E-state index in [0.717, 1.165) is 14.7 Å². The van der Waals surface area contributed by atoms with Crippen molar-refractivity contribution in [3.63, 3.8) is 0 Å². The molecule has 32 heavy (non-hydrogen) atoms. The molecule has 7 nitrogen and oxygen atoms in total. The van der Waals surface area contributed by atoms with Crippen molar-refractivity contribution in [3.8, 4) is 0 Å². The van der Waals surface area contributed by atoms with Crippen LogP contribution in [0, 0.1) is 0 Å². The van der Waals surface area contributed by atoms with Crippen LogP contribution in [0.1, 0.15) is 5.76 Å². The second kappa shape index (κ2) is 8.14. The van der Waals surface area contributed by atoms with Gasteiger partial charge in [0.2, 0.25) is 5.91 Å². The number of nitrogens with one attached hydrogen (secondary N) is 1. The molecule has 0 radical (unpaired) electrons. The van der Waals surface area contributed by atoms with E-state index in [2.05, 4.69) is 5.32 Å². The van der Waals surface area contributed by atoms with E-state index in [0.29, 0.717) is 26.7 Å². The first-order valence-corrected chi connectivity index (χ1v) is 10.9. The van der Waals surface area contributed by atoms with E-state index in [4.69, 9.17) is 16.0 Å². The lowest BCUT2D eigenvalue weighted by molar-refractivity contribution is -0.116. The van der Waals surface area contributed by atoms with Crippen molar-refractivity contribution >= 4 is 54.8 Å². The lowest BCUT2D eigenvalue weighted by Gasteiger charge is -2.12. The van der Waals surface area contributed by atoms with Gasteiger partial charge in [0, 0.05) is 20.8 Å². The number of furan rings is 1. The minimum absolute atomic E-state index is 0.0202. The molecule has 2 aromatic carbocycles.